The van der Waals surface area contributed by atoms with E-state index >= 15 is 0 Å². The molecule has 0 atom stereocenters. The molecule has 7 heteroatoms. The van der Waals surface area contributed by atoms with Crippen molar-refractivity contribution in [3.63, 3.8) is 0 Å². The fourth-order valence-corrected chi connectivity index (χ4v) is 1.39. The summed E-state index contributed by atoms with van der Waals surface area (Å²) >= 11 is 0. The summed E-state index contributed by atoms with van der Waals surface area (Å²) in [5.41, 5.74) is 0. The Bertz CT molecular complexity index is 364. The Morgan fingerprint density at radius 2 is 1.76 bits per heavy atom. The predicted octanol–water partition coefficient (Wildman–Crippen LogP) is -0.769. The summed E-state index contributed by atoms with van der Waals surface area (Å²) < 4.78 is 19.9. The van der Waals surface area contributed by atoms with Crippen LogP contribution in [0, 0.1) is 0 Å². The molecule has 122 valence electrons. The van der Waals surface area contributed by atoms with Crippen molar-refractivity contribution in [2.45, 2.75) is 26.9 Å². The average molecular weight is 302 g/mol. The molecule has 0 N–H and O–H groups in total. The molecule has 0 saturated carbocycles. The topological polar surface area (TPSA) is 76.6 Å². The maximum atomic E-state index is 8.89. The van der Waals surface area contributed by atoms with Crippen LogP contribution in [0.4, 0.5) is 0 Å². The van der Waals surface area contributed by atoms with Crippen molar-refractivity contribution in [3.05, 3.63) is 18.7 Å². The summed E-state index contributed by atoms with van der Waals surface area (Å²) in [6.07, 6.45) is 6.20. The highest BCUT2D eigenvalue weighted by atomic mass is 16.5. The van der Waals surface area contributed by atoms with E-state index in [1.54, 1.807) is 7.11 Å². The minimum absolute atomic E-state index is 0.629. The molecular formula is C14H26N2O5. The van der Waals surface area contributed by atoms with Gasteiger partial charge in [-0.2, -0.15) is 0 Å². The molecule has 1 aromatic heterocycles. The fraction of sp³-hybridized carbons (Fsp3) is 0.714. The Morgan fingerprint density at radius 3 is 2.29 bits per heavy atom. The summed E-state index contributed by atoms with van der Waals surface area (Å²) in [7, 11) is 1.67. The zero-order valence-electron chi connectivity index (χ0n) is 13.1. The normalized spacial score (nSPS) is 10.0. The quantitative estimate of drug-likeness (QED) is 0.419. The molecule has 0 spiro atoms. The third-order valence-electron chi connectivity index (χ3n) is 2.41. The molecule has 7 nitrogen and oxygen atoms in total. The van der Waals surface area contributed by atoms with E-state index in [-0.39, 0.29) is 0 Å². The van der Waals surface area contributed by atoms with E-state index in [0.717, 1.165) is 20.0 Å². The van der Waals surface area contributed by atoms with Crippen LogP contribution in [-0.4, -0.2) is 50.7 Å². The van der Waals surface area contributed by atoms with Crippen LogP contribution in [0.15, 0.2) is 18.7 Å². The molecule has 1 heterocycles. The zero-order valence-corrected chi connectivity index (χ0v) is 13.1. The highest BCUT2D eigenvalue weighted by Crippen LogP contribution is 1.84. The summed E-state index contributed by atoms with van der Waals surface area (Å²) in [4.78, 5) is 8.89. The molecule has 0 bridgehead atoms. The van der Waals surface area contributed by atoms with Crippen LogP contribution in [0.3, 0.4) is 0 Å². The second kappa shape index (κ2) is 13.5. The number of methoxy groups -OCH3 is 1. The number of hydrogen-bond acceptors (Lipinski definition) is 5. The number of carboxylic acid groups (broad SMARTS) is 1. The van der Waals surface area contributed by atoms with Gasteiger partial charge in [0, 0.05) is 13.1 Å². The number of carboxylic acids is 1. The van der Waals surface area contributed by atoms with Crippen LogP contribution in [-0.2, 0) is 32.1 Å². The van der Waals surface area contributed by atoms with E-state index in [9.17, 15) is 0 Å². The number of aryl methyl sites for hydroxylation is 1. The van der Waals surface area contributed by atoms with Crippen LogP contribution in [0.25, 0.3) is 0 Å². The van der Waals surface area contributed by atoms with Gasteiger partial charge in [-0.05, 0) is 13.8 Å². The number of ether oxygens (including phenoxy) is 3. The zero-order chi connectivity index (χ0) is 15.9. The Balaban J connectivity index is 0.000000885. The first-order chi connectivity index (χ1) is 10.1. The van der Waals surface area contributed by atoms with Gasteiger partial charge in [-0.25, -0.2) is 9.13 Å². The Hall–Kier alpha value is -1.44. The third-order valence-corrected chi connectivity index (χ3v) is 2.41. The third kappa shape index (κ3) is 13.3. The highest BCUT2D eigenvalue weighted by Gasteiger charge is 2.00. The van der Waals surface area contributed by atoms with Crippen LogP contribution in [0.1, 0.15) is 13.8 Å². The van der Waals surface area contributed by atoms with Gasteiger partial charge in [-0.1, -0.05) is 0 Å². The van der Waals surface area contributed by atoms with Crippen molar-refractivity contribution in [2.24, 2.45) is 0 Å². The van der Waals surface area contributed by atoms with Gasteiger partial charge in [-0.15, -0.1) is 0 Å². The standard InChI is InChI=1S/C12H23N2O3.C2H4O2/c1-3-13-4-5-14(12-13)6-7-16-10-11-17-9-8-15-2;1-2(3)4/h4-5,12H,3,6-11H2,1-2H3;1H3,(H,3,4)/q+1;/p-1. The SMILES string of the molecule is CC(=O)[O-].CCn1cc[n+](CCOCCOCCOC)c1. The molecule has 0 amide bonds. The van der Waals surface area contributed by atoms with Crippen molar-refractivity contribution in [1.82, 2.24) is 4.57 Å². The Kier molecular flexibility index (Phi) is 12.6. The number of nitrogens with zero attached hydrogens (tertiary/aromatic N) is 2. The van der Waals surface area contributed by atoms with Gasteiger partial charge < -0.3 is 24.1 Å². The lowest BCUT2D eigenvalue weighted by atomic mass is 10.6. The number of aromatic nitrogens is 2. The maximum Gasteiger partial charge on any atom is 0.243 e. The molecule has 0 aliphatic carbocycles. The van der Waals surface area contributed by atoms with Crippen LogP contribution in [0.5, 0.6) is 0 Å². The molecule has 0 aliphatic heterocycles. The molecule has 1 aromatic rings. The lowest BCUT2D eigenvalue weighted by Crippen LogP contribution is -2.33. The van der Waals surface area contributed by atoms with E-state index in [2.05, 4.69) is 34.8 Å². The Labute approximate surface area is 126 Å². The second-order valence-corrected chi connectivity index (χ2v) is 4.19. The molecule has 0 aromatic carbocycles. The van der Waals surface area contributed by atoms with E-state index in [0.29, 0.717) is 33.0 Å². The van der Waals surface area contributed by atoms with Crippen molar-refractivity contribution < 1.29 is 28.7 Å². The molecule has 0 unspecified atom stereocenters. The van der Waals surface area contributed by atoms with Gasteiger partial charge in [0.2, 0.25) is 6.33 Å². The number of aliphatic carboxylic acids is 1. The van der Waals surface area contributed by atoms with Gasteiger partial charge in [0.15, 0.2) is 0 Å². The molecule has 21 heavy (non-hydrogen) atoms. The number of carbonyl (C=O) groups is 1. The van der Waals surface area contributed by atoms with Gasteiger partial charge >= 0.3 is 0 Å². The fourth-order valence-electron chi connectivity index (χ4n) is 1.39. The van der Waals surface area contributed by atoms with Crippen molar-refractivity contribution >= 4 is 5.97 Å². The van der Waals surface area contributed by atoms with Gasteiger partial charge in [0.25, 0.3) is 0 Å². The van der Waals surface area contributed by atoms with Crippen molar-refractivity contribution in [2.75, 3.05) is 40.1 Å². The lowest BCUT2D eigenvalue weighted by Gasteiger charge is -2.04. The van der Waals surface area contributed by atoms with Crippen molar-refractivity contribution in [3.8, 4) is 0 Å². The number of rotatable bonds is 10. The first kappa shape index (κ1) is 19.6. The predicted molar refractivity (Wildman–Crippen MR) is 74.5 cm³/mol. The molecule has 1 rings (SSSR count). The number of imidazole rings is 1. The van der Waals surface area contributed by atoms with Crippen LogP contribution in [0.2, 0.25) is 0 Å². The molecular weight excluding hydrogens is 276 g/mol. The van der Waals surface area contributed by atoms with E-state index < -0.39 is 5.97 Å². The summed E-state index contributed by atoms with van der Waals surface area (Å²) in [6, 6.07) is 0. The molecule has 0 aliphatic rings. The minimum atomic E-state index is -1.08. The minimum Gasteiger partial charge on any atom is -0.550 e. The van der Waals surface area contributed by atoms with Crippen molar-refractivity contribution in [1.29, 1.82) is 0 Å². The molecule has 0 fully saturated rings. The second-order valence-electron chi connectivity index (χ2n) is 4.19. The number of carbonyl (C=O) groups excluding carboxylic acids is 1. The van der Waals surface area contributed by atoms with Gasteiger partial charge in [0.1, 0.15) is 18.9 Å². The highest BCUT2D eigenvalue weighted by molar-refractivity contribution is 5.60. The summed E-state index contributed by atoms with van der Waals surface area (Å²) in [5, 5.41) is 8.89. The van der Waals surface area contributed by atoms with E-state index in [1.165, 1.54) is 0 Å². The Morgan fingerprint density at radius 1 is 1.19 bits per heavy atom. The maximum absolute atomic E-state index is 8.89. The average Bonchev–Trinajstić information content (AvgIpc) is 2.89. The molecule has 0 radical (unpaired) electrons. The van der Waals surface area contributed by atoms with E-state index in [1.807, 2.05) is 0 Å². The first-order valence-corrected chi connectivity index (χ1v) is 6.97. The molecule has 0 saturated heterocycles. The van der Waals surface area contributed by atoms with Crippen LogP contribution >= 0.6 is 0 Å². The summed E-state index contributed by atoms with van der Waals surface area (Å²) in [5.74, 6) is -1.08. The largest absolute Gasteiger partial charge is 0.550 e. The first-order valence-electron chi connectivity index (χ1n) is 6.97. The van der Waals surface area contributed by atoms with Crippen LogP contribution < -0.4 is 9.67 Å². The monoisotopic (exact) mass is 302 g/mol. The van der Waals surface area contributed by atoms with E-state index in [4.69, 9.17) is 24.1 Å². The van der Waals surface area contributed by atoms with Gasteiger partial charge in [0.05, 0.1) is 39.6 Å². The smallest absolute Gasteiger partial charge is 0.243 e. The summed E-state index contributed by atoms with van der Waals surface area (Å²) in [6.45, 7) is 8.23. The number of hydrogen-bond donors (Lipinski definition) is 0. The lowest BCUT2D eigenvalue weighted by molar-refractivity contribution is -0.698. The van der Waals surface area contributed by atoms with Gasteiger partial charge in [-0.3, -0.25) is 0 Å².